The molecule has 5 atom stereocenters. The zero-order valence-corrected chi connectivity index (χ0v) is 15.5. The normalized spacial score (nSPS) is 38.2. The van der Waals surface area contributed by atoms with Gasteiger partial charge in [-0.3, -0.25) is 4.79 Å². The van der Waals surface area contributed by atoms with Crippen molar-refractivity contribution in [3.05, 3.63) is 22.4 Å². The fourth-order valence-electron chi connectivity index (χ4n) is 3.51. The topological polar surface area (TPSA) is 75.3 Å². The number of carbonyl (C=O) groups excluding carboxylic acids is 1. The van der Waals surface area contributed by atoms with Crippen molar-refractivity contribution in [2.24, 2.45) is 0 Å². The molecule has 1 aromatic rings. The molecule has 8 heteroatoms. The Labute approximate surface area is 150 Å². The second-order valence-corrected chi connectivity index (χ2v) is 8.42. The lowest BCUT2D eigenvalue weighted by molar-refractivity contribution is -0.231. The monoisotopic (exact) mass is 369 g/mol. The summed E-state index contributed by atoms with van der Waals surface area (Å²) in [7, 11) is 0. The van der Waals surface area contributed by atoms with Crippen molar-refractivity contribution in [1.82, 2.24) is 5.32 Å². The zero-order chi connectivity index (χ0) is 17.8. The van der Waals surface area contributed by atoms with Gasteiger partial charge in [0, 0.05) is 4.88 Å². The van der Waals surface area contributed by atoms with Gasteiger partial charge in [-0.2, -0.15) is 0 Å². The van der Waals surface area contributed by atoms with E-state index in [2.05, 4.69) is 5.32 Å². The molecule has 7 nitrogen and oxygen atoms in total. The number of fused-ring (bicyclic) bond motifs is 3. The van der Waals surface area contributed by atoms with Crippen LogP contribution in [-0.2, 0) is 35.0 Å². The number of thiophene rings is 1. The number of carbonyl (C=O) groups is 1. The highest BCUT2D eigenvalue weighted by Gasteiger charge is 2.62. The van der Waals surface area contributed by atoms with Gasteiger partial charge in [-0.25, -0.2) is 0 Å². The molecule has 0 aliphatic carbocycles. The molecule has 0 spiro atoms. The van der Waals surface area contributed by atoms with Crippen LogP contribution in [0.3, 0.4) is 0 Å². The summed E-state index contributed by atoms with van der Waals surface area (Å²) in [5.41, 5.74) is 0. The van der Waals surface area contributed by atoms with Crippen molar-refractivity contribution >= 4 is 17.2 Å². The fraction of sp³-hybridized carbons (Fsp3) is 0.706. The van der Waals surface area contributed by atoms with Crippen molar-refractivity contribution in [3.8, 4) is 0 Å². The molecule has 3 saturated heterocycles. The average Bonchev–Trinajstić information content (AvgIpc) is 3.19. The number of hydrogen-bond acceptors (Lipinski definition) is 7. The van der Waals surface area contributed by atoms with E-state index in [1.165, 1.54) is 0 Å². The van der Waals surface area contributed by atoms with E-state index in [9.17, 15) is 4.79 Å². The van der Waals surface area contributed by atoms with Crippen molar-refractivity contribution < 1.29 is 28.5 Å². The Morgan fingerprint density at radius 3 is 2.48 bits per heavy atom. The van der Waals surface area contributed by atoms with E-state index in [-0.39, 0.29) is 5.91 Å². The Morgan fingerprint density at radius 2 is 1.76 bits per heavy atom. The Hall–Kier alpha value is -1.03. The van der Waals surface area contributed by atoms with Crippen LogP contribution in [0.5, 0.6) is 0 Å². The Balaban J connectivity index is 1.52. The highest BCUT2D eigenvalue weighted by Crippen LogP contribution is 2.44. The maximum atomic E-state index is 12.7. The van der Waals surface area contributed by atoms with Gasteiger partial charge in [0.1, 0.15) is 18.3 Å². The van der Waals surface area contributed by atoms with Crippen LogP contribution in [0, 0.1) is 0 Å². The molecular weight excluding hydrogens is 346 g/mol. The molecule has 0 aromatic carbocycles. The average molecular weight is 369 g/mol. The van der Waals surface area contributed by atoms with Gasteiger partial charge in [0.15, 0.2) is 24.0 Å². The smallest absolute Gasteiger partial charge is 0.252 e. The van der Waals surface area contributed by atoms with Crippen LogP contribution in [0.25, 0.3) is 0 Å². The summed E-state index contributed by atoms with van der Waals surface area (Å²) >= 11 is 1.59. The molecule has 3 aliphatic heterocycles. The third kappa shape index (κ3) is 3.34. The third-order valence-electron chi connectivity index (χ3n) is 4.43. The molecule has 0 radical (unpaired) electrons. The van der Waals surface area contributed by atoms with E-state index in [1.54, 1.807) is 11.3 Å². The second kappa shape index (κ2) is 6.00. The number of hydrogen-bond donors (Lipinski definition) is 1. The van der Waals surface area contributed by atoms with E-state index < -0.39 is 42.3 Å². The minimum atomic E-state index is -0.814. The van der Waals surface area contributed by atoms with Gasteiger partial charge in [0.2, 0.25) is 0 Å². The molecule has 1 amide bonds. The highest BCUT2D eigenvalue weighted by atomic mass is 32.1. The molecule has 138 valence electrons. The summed E-state index contributed by atoms with van der Waals surface area (Å²) in [6.45, 7) is 7.73. The molecule has 1 aromatic heterocycles. The number of rotatable bonds is 3. The summed E-state index contributed by atoms with van der Waals surface area (Å²) < 4.78 is 29.6. The van der Waals surface area contributed by atoms with Gasteiger partial charge < -0.3 is 29.0 Å². The van der Waals surface area contributed by atoms with Gasteiger partial charge in [0.05, 0.1) is 6.54 Å². The van der Waals surface area contributed by atoms with Crippen molar-refractivity contribution in [3.63, 3.8) is 0 Å². The van der Waals surface area contributed by atoms with Gasteiger partial charge in [-0.05, 0) is 39.1 Å². The first kappa shape index (κ1) is 17.4. The molecule has 1 N–H and O–H groups in total. The van der Waals surface area contributed by atoms with E-state index in [1.807, 2.05) is 45.2 Å². The lowest BCUT2D eigenvalue weighted by atomic mass is 9.98. The third-order valence-corrected chi connectivity index (χ3v) is 5.31. The maximum absolute atomic E-state index is 12.7. The molecule has 3 aliphatic rings. The number of nitrogens with one attached hydrogen (secondary N) is 1. The summed E-state index contributed by atoms with van der Waals surface area (Å²) in [5, 5.41) is 4.88. The molecular formula is C17H23NO6S. The van der Waals surface area contributed by atoms with Gasteiger partial charge >= 0.3 is 0 Å². The maximum Gasteiger partial charge on any atom is 0.252 e. The van der Waals surface area contributed by atoms with Gasteiger partial charge in [-0.15, -0.1) is 11.3 Å². The number of amides is 1. The van der Waals surface area contributed by atoms with Crippen LogP contribution in [-0.4, -0.2) is 48.2 Å². The zero-order valence-electron chi connectivity index (χ0n) is 14.7. The van der Waals surface area contributed by atoms with E-state index in [0.29, 0.717) is 6.54 Å². The lowest BCUT2D eigenvalue weighted by Crippen LogP contribution is -2.59. The fourth-order valence-corrected chi connectivity index (χ4v) is 4.16. The first-order valence-corrected chi connectivity index (χ1v) is 9.29. The summed E-state index contributed by atoms with van der Waals surface area (Å²) in [6.07, 6.45) is -2.87. The summed E-state index contributed by atoms with van der Waals surface area (Å²) in [4.78, 5) is 13.8. The predicted octanol–water partition coefficient (Wildman–Crippen LogP) is 1.76. The molecule has 4 rings (SSSR count). The van der Waals surface area contributed by atoms with Crippen LogP contribution >= 0.6 is 11.3 Å². The van der Waals surface area contributed by atoms with Crippen LogP contribution in [0.15, 0.2) is 17.5 Å². The second-order valence-electron chi connectivity index (χ2n) is 7.39. The first-order valence-electron chi connectivity index (χ1n) is 8.41. The Kier molecular flexibility index (Phi) is 4.18. The van der Waals surface area contributed by atoms with Crippen molar-refractivity contribution in [2.75, 3.05) is 0 Å². The van der Waals surface area contributed by atoms with Crippen molar-refractivity contribution in [2.45, 2.75) is 76.5 Å². The van der Waals surface area contributed by atoms with Crippen LogP contribution in [0.1, 0.15) is 32.6 Å². The molecule has 25 heavy (non-hydrogen) atoms. The summed E-state index contributed by atoms with van der Waals surface area (Å²) in [5.74, 6) is -1.84. The van der Waals surface area contributed by atoms with Crippen LogP contribution in [0.2, 0.25) is 0 Å². The standard InChI is InChI=1S/C17H23NO6S/c1-16(2)21-10-11(22-16)13-15(24-17(3,4)23-13)20-12(10)14(19)18-8-9-6-5-7-25-9/h5-7,10-13,15H,8H2,1-4H3,(H,18,19)/t10-,11-,12+,13-,15+/m1/s1. The predicted molar refractivity (Wildman–Crippen MR) is 88.7 cm³/mol. The minimum Gasteiger partial charge on any atom is -0.349 e. The number of ether oxygens (including phenoxy) is 5. The van der Waals surface area contributed by atoms with E-state index in [4.69, 9.17) is 23.7 Å². The van der Waals surface area contributed by atoms with E-state index in [0.717, 1.165) is 4.88 Å². The summed E-state index contributed by atoms with van der Waals surface area (Å²) in [6, 6.07) is 3.92. The molecule has 3 fully saturated rings. The Morgan fingerprint density at radius 1 is 1.08 bits per heavy atom. The molecule has 0 bridgehead atoms. The molecule has 4 heterocycles. The van der Waals surface area contributed by atoms with Gasteiger partial charge in [0.25, 0.3) is 5.91 Å². The van der Waals surface area contributed by atoms with Crippen LogP contribution < -0.4 is 5.32 Å². The molecule has 0 unspecified atom stereocenters. The lowest BCUT2D eigenvalue weighted by Gasteiger charge is -2.36. The quantitative estimate of drug-likeness (QED) is 0.875. The largest absolute Gasteiger partial charge is 0.349 e. The van der Waals surface area contributed by atoms with Crippen molar-refractivity contribution in [1.29, 1.82) is 0 Å². The van der Waals surface area contributed by atoms with E-state index >= 15 is 0 Å². The van der Waals surface area contributed by atoms with Crippen LogP contribution in [0.4, 0.5) is 0 Å². The SMILES string of the molecule is CC1(C)O[C@@H]2[C@@H](O1)[C@@H](C(=O)NCc1cccs1)O[C@H]1OC(C)(C)O[C@@H]12. The minimum absolute atomic E-state index is 0.239. The first-order chi connectivity index (χ1) is 11.7. The van der Waals surface area contributed by atoms with Gasteiger partial charge in [-0.1, -0.05) is 6.07 Å². The Bertz CT molecular complexity index is 646. The highest BCUT2D eigenvalue weighted by molar-refractivity contribution is 7.09. The molecule has 0 saturated carbocycles.